The van der Waals surface area contributed by atoms with Crippen LogP contribution in [0.2, 0.25) is 0 Å². The van der Waals surface area contributed by atoms with Gasteiger partial charge in [0.25, 0.3) is 0 Å². The Morgan fingerprint density at radius 2 is 2.24 bits per heavy atom. The molecule has 0 saturated heterocycles. The van der Waals surface area contributed by atoms with E-state index in [-0.39, 0.29) is 11.7 Å². The highest BCUT2D eigenvalue weighted by Gasteiger charge is 2.10. The van der Waals surface area contributed by atoms with Gasteiger partial charge in [0, 0.05) is 12.2 Å². The number of aryl methyl sites for hydroxylation is 1. The summed E-state index contributed by atoms with van der Waals surface area (Å²) in [5, 5.41) is 14.8. The number of hydrogen-bond acceptors (Lipinski definition) is 6. The van der Waals surface area contributed by atoms with Crippen LogP contribution < -0.4 is 11.1 Å². The van der Waals surface area contributed by atoms with Gasteiger partial charge in [0.15, 0.2) is 0 Å². The Morgan fingerprint density at radius 3 is 3.00 bits per heavy atom. The number of anilines is 1. The number of thioether (sulfide) groups is 1. The first-order chi connectivity index (χ1) is 10.1. The first kappa shape index (κ1) is 15.5. The van der Waals surface area contributed by atoms with Gasteiger partial charge in [-0.25, -0.2) is 4.68 Å². The summed E-state index contributed by atoms with van der Waals surface area (Å²) in [6.45, 7) is 4.99. The van der Waals surface area contributed by atoms with Crippen LogP contribution >= 0.6 is 11.8 Å². The third-order valence-corrected chi connectivity index (χ3v) is 4.01. The van der Waals surface area contributed by atoms with E-state index in [4.69, 9.17) is 5.73 Å². The summed E-state index contributed by atoms with van der Waals surface area (Å²) < 4.78 is 1.59. The molecule has 21 heavy (non-hydrogen) atoms. The van der Waals surface area contributed by atoms with Crippen molar-refractivity contribution in [3.05, 3.63) is 29.3 Å². The minimum Gasteiger partial charge on any atom is -0.329 e. The first-order valence-electron chi connectivity index (χ1n) is 6.57. The van der Waals surface area contributed by atoms with Crippen molar-refractivity contribution in [1.82, 2.24) is 20.2 Å². The maximum atomic E-state index is 12.0. The highest BCUT2D eigenvalue weighted by Crippen LogP contribution is 2.19. The molecule has 1 heterocycles. The van der Waals surface area contributed by atoms with Crippen LogP contribution in [0.15, 0.2) is 23.4 Å². The van der Waals surface area contributed by atoms with Crippen LogP contribution in [-0.4, -0.2) is 38.4 Å². The second-order valence-corrected chi connectivity index (χ2v) is 5.50. The minimum absolute atomic E-state index is 0.0870. The summed E-state index contributed by atoms with van der Waals surface area (Å²) >= 11 is 1.29. The maximum Gasteiger partial charge on any atom is 0.234 e. The Balaban J connectivity index is 1.93. The number of rotatable bonds is 6. The number of carbonyl (C=O) groups is 1. The topological polar surface area (TPSA) is 98.7 Å². The van der Waals surface area contributed by atoms with Crippen molar-refractivity contribution in [2.24, 2.45) is 5.73 Å². The van der Waals surface area contributed by atoms with Crippen molar-refractivity contribution in [1.29, 1.82) is 0 Å². The largest absolute Gasteiger partial charge is 0.329 e. The van der Waals surface area contributed by atoms with E-state index in [0.717, 1.165) is 16.8 Å². The van der Waals surface area contributed by atoms with E-state index in [2.05, 4.69) is 20.8 Å². The van der Waals surface area contributed by atoms with E-state index in [0.29, 0.717) is 18.2 Å². The van der Waals surface area contributed by atoms with Gasteiger partial charge in [-0.3, -0.25) is 4.79 Å². The lowest BCUT2D eigenvalue weighted by Crippen LogP contribution is -2.16. The molecule has 0 radical (unpaired) electrons. The van der Waals surface area contributed by atoms with E-state index in [9.17, 15) is 4.79 Å². The molecule has 2 aromatic rings. The van der Waals surface area contributed by atoms with E-state index < -0.39 is 0 Å². The molecule has 2 rings (SSSR count). The minimum atomic E-state index is -0.0870. The first-order valence-corrected chi connectivity index (χ1v) is 7.55. The van der Waals surface area contributed by atoms with Crippen molar-refractivity contribution in [2.75, 3.05) is 17.6 Å². The molecule has 0 aliphatic rings. The van der Waals surface area contributed by atoms with Crippen LogP contribution in [0.4, 0.5) is 5.69 Å². The van der Waals surface area contributed by atoms with Gasteiger partial charge >= 0.3 is 0 Å². The molecule has 7 nitrogen and oxygen atoms in total. The van der Waals surface area contributed by atoms with Gasteiger partial charge in [0.1, 0.15) is 0 Å². The quantitative estimate of drug-likeness (QED) is 0.772. The van der Waals surface area contributed by atoms with Gasteiger partial charge in [-0.2, -0.15) is 0 Å². The van der Waals surface area contributed by atoms with Gasteiger partial charge in [-0.1, -0.05) is 23.9 Å². The van der Waals surface area contributed by atoms with Crippen LogP contribution in [0.5, 0.6) is 0 Å². The fraction of sp³-hybridized carbons (Fsp3) is 0.385. The predicted octanol–water partition coefficient (Wildman–Crippen LogP) is 0.979. The molecule has 0 atom stereocenters. The third kappa shape index (κ3) is 4.02. The molecule has 0 unspecified atom stereocenters. The predicted molar refractivity (Wildman–Crippen MR) is 82.1 cm³/mol. The third-order valence-electron chi connectivity index (χ3n) is 3.05. The molecule has 1 aromatic heterocycles. The summed E-state index contributed by atoms with van der Waals surface area (Å²) in [5.74, 6) is 0.161. The van der Waals surface area contributed by atoms with Crippen molar-refractivity contribution >= 4 is 23.4 Å². The maximum absolute atomic E-state index is 12.0. The summed E-state index contributed by atoms with van der Waals surface area (Å²) in [5.41, 5.74) is 8.53. The number of nitrogens with one attached hydrogen (secondary N) is 1. The number of benzene rings is 1. The normalized spacial score (nSPS) is 10.6. The fourth-order valence-electron chi connectivity index (χ4n) is 1.77. The number of tetrazole rings is 1. The van der Waals surface area contributed by atoms with Crippen LogP contribution in [0.3, 0.4) is 0 Å². The molecule has 0 spiro atoms. The Morgan fingerprint density at radius 1 is 1.43 bits per heavy atom. The lowest BCUT2D eigenvalue weighted by Gasteiger charge is -2.10. The number of amides is 1. The lowest BCUT2D eigenvalue weighted by atomic mass is 10.1. The average molecular weight is 306 g/mol. The summed E-state index contributed by atoms with van der Waals surface area (Å²) in [6.07, 6.45) is 0. The van der Waals surface area contributed by atoms with Gasteiger partial charge in [0.05, 0.1) is 12.3 Å². The number of nitrogens with zero attached hydrogens (tertiary/aromatic N) is 4. The molecule has 3 N–H and O–H groups in total. The van der Waals surface area contributed by atoms with Crippen molar-refractivity contribution in [3.63, 3.8) is 0 Å². The Bertz CT molecular complexity index is 627. The fourth-order valence-corrected chi connectivity index (χ4v) is 2.47. The molecular formula is C13H18N6OS. The van der Waals surface area contributed by atoms with E-state index in [1.807, 2.05) is 32.0 Å². The smallest absolute Gasteiger partial charge is 0.234 e. The molecule has 0 aliphatic heterocycles. The number of hydrogen-bond donors (Lipinski definition) is 2. The SMILES string of the molecule is Cc1cccc(NC(=O)CSc2nnnn2CCN)c1C. The molecule has 8 heteroatoms. The molecule has 0 fully saturated rings. The molecule has 112 valence electrons. The zero-order valence-corrected chi connectivity index (χ0v) is 12.9. The van der Waals surface area contributed by atoms with Gasteiger partial charge in [-0.15, -0.1) is 5.10 Å². The molecule has 0 saturated carbocycles. The van der Waals surface area contributed by atoms with E-state index in [1.54, 1.807) is 4.68 Å². The molecule has 1 amide bonds. The van der Waals surface area contributed by atoms with Crippen molar-refractivity contribution in [2.45, 2.75) is 25.5 Å². The van der Waals surface area contributed by atoms with Gasteiger partial charge < -0.3 is 11.1 Å². The van der Waals surface area contributed by atoms with Crippen LogP contribution in [-0.2, 0) is 11.3 Å². The molecule has 0 aliphatic carbocycles. The Labute approximate surface area is 127 Å². The molecule has 0 bridgehead atoms. The summed E-state index contributed by atoms with van der Waals surface area (Å²) in [7, 11) is 0. The van der Waals surface area contributed by atoms with Crippen molar-refractivity contribution in [3.8, 4) is 0 Å². The van der Waals surface area contributed by atoms with Crippen molar-refractivity contribution < 1.29 is 4.79 Å². The average Bonchev–Trinajstić information content (AvgIpc) is 2.90. The number of aromatic nitrogens is 4. The lowest BCUT2D eigenvalue weighted by molar-refractivity contribution is -0.113. The van der Waals surface area contributed by atoms with E-state index >= 15 is 0 Å². The second kappa shape index (κ2) is 7.19. The zero-order chi connectivity index (χ0) is 15.2. The van der Waals surface area contributed by atoms with Crippen LogP contribution in [0, 0.1) is 13.8 Å². The van der Waals surface area contributed by atoms with Crippen LogP contribution in [0.1, 0.15) is 11.1 Å². The highest BCUT2D eigenvalue weighted by atomic mass is 32.2. The second-order valence-electron chi connectivity index (χ2n) is 4.56. The number of carbonyl (C=O) groups excluding carboxylic acids is 1. The van der Waals surface area contributed by atoms with E-state index in [1.165, 1.54) is 11.8 Å². The zero-order valence-electron chi connectivity index (χ0n) is 12.0. The van der Waals surface area contributed by atoms with Gasteiger partial charge in [-0.05, 0) is 41.5 Å². The summed E-state index contributed by atoms with van der Waals surface area (Å²) in [6, 6.07) is 5.83. The Kier molecular flexibility index (Phi) is 5.29. The number of nitrogens with two attached hydrogens (primary N) is 1. The summed E-state index contributed by atoms with van der Waals surface area (Å²) in [4.78, 5) is 12.0. The van der Waals surface area contributed by atoms with Gasteiger partial charge in [0.2, 0.25) is 11.1 Å². The standard InChI is InChI=1S/C13H18N6OS/c1-9-4-3-5-11(10(9)2)15-12(20)8-21-13-16-17-18-19(13)7-6-14/h3-5H,6-8,14H2,1-2H3,(H,15,20). The van der Waals surface area contributed by atoms with Crippen LogP contribution in [0.25, 0.3) is 0 Å². The monoisotopic (exact) mass is 306 g/mol. The highest BCUT2D eigenvalue weighted by molar-refractivity contribution is 7.99. The molecule has 1 aromatic carbocycles. The Hall–Kier alpha value is -1.93. The molecular weight excluding hydrogens is 288 g/mol.